The Morgan fingerprint density at radius 1 is 1.08 bits per heavy atom. The van der Waals surface area contributed by atoms with Gasteiger partial charge in [-0.15, -0.1) is 0 Å². The molecule has 1 fully saturated rings. The molecule has 204 valence electrons. The standard InChI is InChI=1S/C24H28F3N7O4/c1-13-2-3-14(8-19(13)34(22(29)37)23(30)38)11-33-7-6-16(12-33)32-20(35)10-31-21(36)17-9-15(24(25,26)27)4-5-18(17)28/h2-5,8-9,16H,6-7,10-12,28H2,1H3,(H2,29,37)(H2,30,38)(H,31,36)(H,32,35)/t16-/m1/s1. The van der Waals surface area contributed by atoms with Gasteiger partial charge in [0.15, 0.2) is 0 Å². The largest absolute Gasteiger partial charge is 0.416 e. The van der Waals surface area contributed by atoms with Gasteiger partial charge in [0.2, 0.25) is 5.91 Å². The van der Waals surface area contributed by atoms with Crippen LogP contribution in [0.3, 0.4) is 0 Å². The van der Waals surface area contributed by atoms with Gasteiger partial charge in [-0.3, -0.25) is 14.5 Å². The SMILES string of the molecule is Cc1ccc(CN2CC[C@@H](NC(=O)CNC(=O)c3cc(C(F)(F)F)ccc3N)C2)cc1N(C(N)=O)C(N)=O. The average molecular weight is 536 g/mol. The first-order valence-corrected chi connectivity index (χ1v) is 11.5. The lowest BCUT2D eigenvalue weighted by Gasteiger charge is -2.21. The summed E-state index contributed by atoms with van der Waals surface area (Å²) in [4.78, 5) is 50.7. The molecular weight excluding hydrogens is 507 g/mol. The van der Waals surface area contributed by atoms with Gasteiger partial charge in [-0.1, -0.05) is 12.1 Å². The van der Waals surface area contributed by atoms with E-state index in [0.29, 0.717) is 42.6 Å². The third kappa shape index (κ3) is 6.91. The molecule has 2 aromatic carbocycles. The van der Waals surface area contributed by atoms with Crippen molar-refractivity contribution in [2.24, 2.45) is 11.5 Å². The third-order valence-corrected chi connectivity index (χ3v) is 6.03. The van der Waals surface area contributed by atoms with Crippen molar-refractivity contribution in [3.8, 4) is 0 Å². The van der Waals surface area contributed by atoms with Crippen molar-refractivity contribution >= 4 is 35.3 Å². The van der Waals surface area contributed by atoms with Gasteiger partial charge in [-0.2, -0.15) is 13.2 Å². The molecule has 1 atom stereocenters. The number of benzene rings is 2. The Bertz CT molecular complexity index is 1240. The van der Waals surface area contributed by atoms with E-state index in [1.807, 2.05) is 11.0 Å². The highest BCUT2D eigenvalue weighted by Crippen LogP contribution is 2.31. The van der Waals surface area contributed by atoms with Crippen LogP contribution in [0.2, 0.25) is 0 Å². The number of nitrogens with zero attached hydrogens (tertiary/aromatic N) is 2. The Hall–Kier alpha value is -4.33. The summed E-state index contributed by atoms with van der Waals surface area (Å²) in [5, 5.41) is 5.07. The van der Waals surface area contributed by atoms with Gasteiger partial charge in [0.25, 0.3) is 5.91 Å². The zero-order valence-corrected chi connectivity index (χ0v) is 20.5. The average Bonchev–Trinajstić information content (AvgIpc) is 3.25. The van der Waals surface area contributed by atoms with E-state index in [1.54, 1.807) is 19.1 Å². The Morgan fingerprint density at radius 2 is 1.76 bits per heavy atom. The van der Waals surface area contributed by atoms with E-state index >= 15 is 0 Å². The number of aryl methyl sites for hydroxylation is 1. The van der Waals surface area contributed by atoms with Crippen molar-refractivity contribution in [2.75, 3.05) is 30.3 Å². The number of carbonyl (C=O) groups excluding carboxylic acids is 4. The minimum Gasteiger partial charge on any atom is -0.398 e. The van der Waals surface area contributed by atoms with E-state index in [-0.39, 0.29) is 23.0 Å². The molecule has 1 aliphatic rings. The fraction of sp³-hybridized carbons (Fsp3) is 0.333. The number of imide groups is 1. The van der Waals surface area contributed by atoms with Crippen molar-refractivity contribution < 1.29 is 32.3 Å². The molecule has 0 aliphatic carbocycles. The van der Waals surface area contributed by atoms with Gasteiger partial charge >= 0.3 is 18.2 Å². The lowest BCUT2D eigenvalue weighted by molar-refractivity contribution is -0.137. The van der Waals surface area contributed by atoms with Crippen LogP contribution in [-0.4, -0.2) is 54.5 Å². The molecule has 0 unspecified atom stereocenters. The highest BCUT2D eigenvalue weighted by Gasteiger charge is 2.32. The maximum absolute atomic E-state index is 12.9. The normalized spacial score (nSPS) is 15.6. The van der Waals surface area contributed by atoms with Crippen LogP contribution >= 0.6 is 0 Å². The Kier molecular flexibility index (Phi) is 8.46. The van der Waals surface area contributed by atoms with Crippen molar-refractivity contribution in [2.45, 2.75) is 32.1 Å². The van der Waals surface area contributed by atoms with Gasteiger partial charge in [0.05, 0.1) is 23.4 Å². The number of nitrogens with two attached hydrogens (primary N) is 3. The lowest BCUT2D eigenvalue weighted by atomic mass is 10.1. The summed E-state index contributed by atoms with van der Waals surface area (Å²) in [6.45, 7) is 2.84. The Balaban J connectivity index is 1.54. The number of rotatable bonds is 7. The van der Waals surface area contributed by atoms with Crippen LogP contribution in [-0.2, 0) is 17.5 Å². The summed E-state index contributed by atoms with van der Waals surface area (Å²) < 4.78 is 38.8. The summed E-state index contributed by atoms with van der Waals surface area (Å²) in [5.74, 6) is -1.40. The predicted molar refractivity (Wildman–Crippen MR) is 133 cm³/mol. The molecule has 6 amide bonds. The zero-order chi connectivity index (χ0) is 28.2. The summed E-state index contributed by atoms with van der Waals surface area (Å²) in [7, 11) is 0. The molecule has 11 nitrogen and oxygen atoms in total. The van der Waals surface area contributed by atoms with Crippen LogP contribution < -0.4 is 32.7 Å². The van der Waals surface area contributed by atoms with Gasteiger partial charge in [-0.25, -0.2) is 14.5 Å². The van der Waals surface area contributed by atoms with Gasteiger partial charge < -0.3 is 27.8 Å². The van der Waals surface area contributed by atoms with Crippen molar-refractivity contribution in [1.82, 2.24) is 15.5 Å². The van der Waals surface area contributed by atoms with E-state index in [1.165, 1.54) is 0 Å². The van der Waals surface area contributed by atoms with E-state index in [0.717, 1.165) is 17.7 Å². The first kappa shape index (κ1) is 28.2. The maximum Gasteiger partial charge on any atom is 0.416 e. The smallest absolute Gasteiger partial charge is 0.398 e. The first-order chi connectivity index (χ1) is 17.8. The van der Waals surface area contributed by atoms with Crippen molar-refractivity contribution in [3.63, 3.8) is 0 Å². The van der Waals surface area contributed by atoms with Crippen molar-refractivity contribution in [1.29, 1.82) is 0 Å². The topological polar surface area (TPSA) is 177 Å². The summed E-state index contributed by atoms with van der Waals surface area (Å²) in [6.07, 6.45) is -4.02. The van der Waals surface area contributed by atoms with Gasteiger partial charge in [-0.05, 0) is 48.7 Å². The molecule has 0 radical (unpaired) electrons. The predicted octanol–water partition coefficient (Wildman–Crippen LogP) is 1.68. The van der Waals surface area contributed by atoms with Crippen LogP contribution in [0.4, 0.5) is 34.1 Å². The second kappa shape index (κ2) is 11.4. The minimum absolute atomic E-state index is 0.142. The Labute approximate surface area is 216 Å². The molecule has 14 heteroatoms. The monoisotopic (exact) mass is 535 g/mol. The number of amides is 6. The molecule has 2 aromatic rings. The van der Waals surface area contributed by atoms with Gasteiger partial charge in [0, 0.05) is 31.4 Å². The summed E-state index contributed by atoms with van der Waals surface area (Å²) in [6, 6.07) is 5.39. The minimum atomic E-state index is -4.64. The molecule has 1 aliphatic heterocycles. The number of anilines is 2. The molecule has 0 aromatic heterocycles. The molecule has 38 heavy (non-hydrogen) atoms. The molecule has 8 N–H and O–H groups in total. The number of alkyl halides is 3. The van der Waals surface area contributed by atoms with Crippen LogP contribution in [0.25, 0.3) is 0 Å². The third-order valence-electron chi connectivity index (χ3n) is 6.03. The van der Waals surface area contributed by atoms with Crippen molar-refractivity contribution in [3.05, 3.63) is 58.7 Å². The first-order valence-electron chi connectivity index (χ1n) is 11.5. The number of carbonyl (C=O) groups is 4. The quantitative estimate of drug-likeness (QED) is 0.337. The molecule has 1 heterocycles. The zero-order valence-electron chi connectivity index (χ0n) is 20.5. The van der Waals surface area contributed by atoms with E-state index in [9.17, 15) is 32.3 Å². The lowest BCUT2D eigenvalue weighted by Crippen LogP contribution is -2.44. The highest BCUT2D eigenvalue weighted by atomic mass is 19.4. The fourth-order valence-electron chi connectivity index (χ4n) is 4.16. The number of halogens is 3. The molecule has 0 spiro atoms. The number of likely N-dealkylation sites (tertiary alicyclic amines) is 1. The molecule has 3 rings (SSSR count). The van der Waals surface area contributed by atoms with Crippen LogP contribution in [0, 0.1) is 6.92 Å². The number of primary amides is 2. The number of nitrogen functional groups attached to an aromatic ring is 1. The van der Waals surface area contributed by atoms with E-state index in [2.05, 4.69) is 10.6 Å². The number of urea groups is 2. The Morgan fingerprint density at radius 3 is 2.39 bits per heavy atom. The summed E-state index contributed by atoms with van der Waals surface area (Å²) in [5.41, 5.74) is 16.4. The van der Waals surface area contributed by atoms with Gasteiger partial charge in [0.1, 0.15) is 0 Å². The molecular formula is C24H28F3N7O4. The maximum atomic E-state index is 12.9. The summed E-state index contributed by atoms with van der Waals surface area (Å²) >= 11 is 0. The molecule has 1 saturated heterocycles. The number of hydrogen-bond donors (Lipinski definition) is 5. The van der Waals surface area contributed by atoms with E-state index in [4.69, 9.17) is 17.2 Å². The van der Waals surface area contributed by atoms with Crippen LogP contribution in [0.1, 0.15) is 33.5 Å². The number of nitrogens with one attached hydrogen (secondary N) is 2. The molecule has 0 bridgehead atoms. The van der Waals surface area contributed by atoms with E-state index < -0.39 is 42.2 Å². The molecule has 0 saturated carbocycles. The van der Waals surface area contributed by atoms with Crippen LogP contribution in [0.15, 0.2) is 36.4 Å². The van der Waals surface area contributed by atoms with Crippen LogP contribution in [0.5, 0.6) is 0 Å². The number of hydrogen-bond acceptors (Lipinski definition) is 6. The fourth-order valence-corrected chi connectivity index (χ4v) is 4.16. The second-order valence-electron chi connectivity index (χ2n) is 8.90. The second-order valence-corrected chi connectivity index (χ2v) is 8.90. The highest BCUT2D eigenvalue weighted by molar-refractivity contribution is 6.12.